The molecule has 1 amide bonds. The normalized spacial score (nSPS) is 10.6. The van der Waals surface area contributed by atoms with E-state index >= 15 is 0 Å². The Kier molecular flexibility index (Phi) is 5.55. The summed E-state index contributed by atoms with van der Waals surface area (Å²) in [5.41, 5.74) is 0.449. The lowest BCUT2D eigenvalue weighted by Gasteiger charge is -2.04. The van der Waals surface area contributed by atoms with E-state index in [0.717, 1.165) is 0 Å². The fourth-order valence-corrected chi connectivity index (χ4v) is 1.23. The zero-order valence-corrected chi connectivity index (χ0v) is 10.2. The van der Waals surface area contributed by atoms with Crippen molar-refractivity contribution in [2.75, 3.05) is 17.7 Å². The Morgan fingerprint density at radius 2 is 2.11 bits per heavy atom. The molecule has 0 unspecified atom stereocenters. The van der Waals surface area contributed by atoms with Crippen molar-refractivity contribution in [2.45, 2.75) is 0 Å². The van der Waals surface area contributed by atoms with Crippen LogP contribution in [0.2, 0.25) is 0 Å². The minimum absolute atomic E-state index is 0.0480. The van der Waals surface area contributed by atoms with E-state index in [-0.39, 0.29) is 11.3 Å². The van der Waals surface area contributed by atoms with E-state index in [2.05, 4.69) is 10.6 Å². The van der Waals surface area contributed by atoms with E-state index < -0.39 is 5.91 Å². The lowest BCUT2D eigenvalue weighted by atomic mass is 10.2. The number of nitrogens with zero attached hydrogens (tertiary/aromatic N) is 1. The molecule has 0 aliphatic carbocycles. The van der Waals surface area contributed by atoms with Gasteiger partial charge >= 0.3 is 0 Å². The van der Waals surface area contributed by atoms with Gasteiger partial charge in [0.1, 0.15) is 17.4 Å². The van der Waals surface area contributed by atoms with Crippen LogP contribution in [0.5, 0.6) is 5.75 Å². The minimum Gasteiger partial charge on any atom is -0.508 e. The highest BCUT2D eigenvalue weighted by molar-refractivity contribution is 6.18. The van der Waals surface area contributed by atoms with Gasteiger partial charge < -0.3 is 15.7 Å². The van der Waals surface area contributed by atoms with Crippen molar-refractivity contribution in [1.82, 2.24) is 5.32 Å². The molecule has 1 aromatic carbocycles. The molecule has 0 aliphatic rings. The van der Waals surface area contributed by atoms with Crippen LogP contribution in [0.1, 0.15) is 0 Å². The molecule has 0 radical (unpaired) electrons. The number of phenols is 1. The molecule has 0 atom stereocenters. The SMILES string of the molecule is N#C/C(=C/NCCCl)C(=O)Nc1ccc(O)cc1. The van der Waals surface area contributed by atoms with E-state index in [4.69, 9.17) is 22.0 Å². The van der Waals surface area contributed by atoms with Crippen LogP contribution >= 0.6 is 11.6 Å². The molecular formula is C12H12ClN3O2. The molecule has 0 saturated heterocycles. The number of nitrogens with one attached hydrogen (secondary N) is 2. The van der Waals surface area contributed by atoms with Crippen molar-refractivity contribution in [1.29, 1.82) is 5.26 Å². The highest BCUT2D eigenvalue weighted by atomic mass is 35.5. The zero-order valence-electron chi connectivity index (χ0n) is 9.48. The molecule has 1 aromatic rings. The van der Waals surface area contributed by atoms with Crippen LogP contribution in [0.15, 0.2) is 36.0 Å². The number of hydrogen-bond acceptors (Lipinski definition) is 4. The average Bonchev–Trinajstić information content (AvgIpc) is 2.37. The number of phenolic OH excluding ortho intramolecular Hbond substituents is 1. The van der Waals surface area contributed by atoms with Crippen molar-refractivity contribution in [3.05, 3.63) is 36.0 Å². The fourth-order valence-electron chi connectivity index (χ4n) is 1.12. The molecule has 0 saturated carbocycles. The Morgan fingerprint density at radius 3 is 2.67 bits per heavy atom. The van der Waals surface area contributed by atoms with Crippen molar-refractivity contribution < 1.29 is 9.90 Å². The number of alkyl halides is 1. The second-order valence-corrected chi connectivity index (χ2v) is 3.69. The third kappa shape index (κ3) is 4.36. The van der Waals surface area contributed by atoms with Gasteiger partial charge in [-0.3, -0.25) is 4.79 Å². The van der Waals surface area contributed by atoms with Crippen molar-refractivity contribution in [3.8, 4) is 11.8 Å². The smallest absolute Gasteiger partial charge is 0.267 e. The summed E-state index contributed by atoms with van der Waals surface area (Å²) in [5.74, 6) is -0.0347. The van der Waals surface area contributed by atoms with Crippen LogP contribution < -0.4 is 10.6 Å². The number of rotatable bonds is 5. The second-order valence-electron chi connectivity index (χ2n) is 3.31. The lowest BCUT2D eigenvalue weighted by Crippen LogP contribution is -2.17. The standard InChI is InChI=1S/C12H12ClN3O2/c13-5-6-15-8-9(7-14)12(18)16-10-1-3-11(17)4-2-10/h1-4,8,15,17H,5-6H2,(H,16,18)/b9-8-. The average molecular weight is 266 g/mol. The second kappa shape index (κ2) is 7.20. The van der Waals surface area contributed by atoms with Gasteiger partial charge in [-0.25, -0.2) is 0 Å². The molecule has 3 N–H and O–H groups in total. The number of hydrogen-bond donors (Lipinski definition) is 3. The summed E-state index contributed by atoms with van der Waals surface area (Å²) in [7, 11) is 0. The van der Waals surface area contributed by atoms with Crippen LogP contribution in [0.25, 0.3) is 0 Å². The van der Waals surface area contributed by atoms with Crippen molar-refractivity contribution in [3.63, 3.8) is 0 Å². The molecule has 0 bridgehead atoms. The summed E-state index contributed by atoms with van der Waals surface area (Å²) in [6.07, 6.45) is 1.32. The van der Waals surface area contributed by atoms with Gasteiger partial charge in [0.15, 0.2) is 0 Å². The van der Waals surface area contributed by atoms with E-state index in [9.17, 15) is 4.79 Å². The van der Waals surface area contributed by atoms with Gasteiger partial charge in [0.05, 0.1) is 0 Å². The Bertz CT molecular complexity index is 477. The van der Waals surface area contributed by atoms with E-state index in [1.165, 1.54) is 30.5 Å². The number of halogens is 1. The van der Waals surface area contributed by atoms with Crippen LogP contribution in [-0.2, 0) is 4.79 Å². The van der Waals surface area contributed by atoms with Crippen LogP contribution in [0.4, 0.5) is 5.69 Å². The van der Waals surface area contributed by atoms with Gasteiger partial charge in [-0.2, -0.15) is 5.26 Å². The summed E-state index contributed by atoms with van der Waals surface area (Å²) in [6.45, 7) is 0.471. The van der Waals surface area contributed by atoms with Gasteiger partial charge in [0, 0.05) is 24.3 Å². The molecule has 0 aliphatic heterocycles. The predicted molar refractivity (Wildman–Crippen MR) is 69.2 cm³/mol. The summed E-state index contributed by atoms with van der Waals surface area (Å²) in [5, 5.41) is 23.2. The number of amides is 1. The number of aromatic hydroxyl groups is 1. The summed E-state index contributed by atoms with van der Waals surface area (Å²) < 4.78 is 0. The predicted octanol–water partition coefficient (Wildman–Crippen LogP) is 1.57. The van der Waals surface area contributed by atoms with E-state index in [1.807, 2.05) is 0 Å². The molecule has 0 heterocycles. The molecule has 0 aromatic heterocycles. The molecule has 0 fully saturated rings. The van der Waals surface area contributed by atoms with Crippen molar-refractivity contribution >= 4 is 23.2 Å². The quantitative estimate of drug-likeness (QED) is 0.248. The maximum Gasteiger partial charge on any atom is 0.267 e. The molecule has 94 valence electrons. The monoisotopic (exact) mass is 265 g/mol. The number of anilines is 1. The number of benzene rings is 1. The first kappa shape index (κ1) is 13.9. The topological polar surface area (TPSA) is 85.2 Å². The van der Waals surface area contributed by atoms with E-state index in [1.54, 1.807) is 6.07 Å². The molecule has 5 nitrogen and oxygen atoms in total. The van der Waals surface area contributed by atoms with Gasteiger partial charge in [-0.15, -0.1) is 11.6 Å². The van der Waals surface area contributed by atoms with Gasteiger partial charge in [0.25, 0.3) is 5.91 Å². The molecule has 6 heteroatoms. The van der Waals surface area contributed by atoms with E-state index in [0.29, 0.717) is 18.1 Å². The minimum atomic E-state index is -0.523. The van der Waals surface area contributed by atoms with Crippen LogP contribution in [0.3, 0.4) is 0 Å². The lowest BCUT2D eigenvalue weighted by molar-refractivity contribution is -0.112. The van der Waals surface area contributed by atoms with Crippen LogP contribution in [-0.4, -0.2) is 23.4 Å². The number of nitriles is 1. The molecule has 18 heavy (non-hydrogen) atoms. The largest absolute Gasteiger partial charge is 0.508 e. The number of carbonyl (C=O) groups is 1. The summed E-state index contributed by atoms with van der Waals surface area (Å²) >= 11 is 5.45. The summed E-state index contributed by atoms with van der Waals surface area (Å²) in [6, 6.07) is 7.74. The molecular weight excluding hydrogens is 254 g/mol. The maximum atomic E-state index is 11.7. The fraction of sp³-hybridized carbons (Fsp3) is 0.167. The number of carbonyl (C=O) groups excluding carboxylic acids is 1. The highest BCUT2D eigenvalue weighted by Gasteiger charge is 2.08. The van der Waals surface area contributed by atoms with Gasteiger partial charge in [-0.05, 0) is 24.3 Å². The molecule has 1 rings (SSSR count). The Labute approximate surface area is 110 Å². The Hall–Kier alpha value is -2.19. The van der Waals surface area contributed by atoms with Gasteiger partial charge in [0.2, 0.25) is 0 Å². The summed E-state index contributed by atoms with van der Waals surface area (Å²) in [4.78, 5) is 11.7. The van der Waals surface area contributed by atoms with Gasteiger partial charge in [-0.1, -0.05) is 0 Å². The highest BCUT2D eigenvalue weighted by Crippen LogP contribution is 2.14. The Morgan fingerprint density at radius 1 is 1.44 bits per heavy atom. The zero-order chi connectivity index (χ0) is 13.4. The molecule has 0 spiro atoms. The third-order valence-electron chi connectivity index (χ3n) is 1.98. The maximum absolute atomic E-state index is 11.7. The Balaban J connectivity index is 2.66. The first-order chi connectivity index (χ1) is 8.67. The third-order valence-corrected chi connectivity index (χ3v) is 2.16. The van der Waals surface area contributed by atoms with Crippen LogP contribution in [0, 0.1) is 11.3 Å². The first-order valence-electron chi connectivity index (χ1n) is 5.17. The first-order valence-corrected chi connectivity index (χ1v) is 5.71. The van der Waals surface area contributed by atoms with Crippen molar-refractivity contribution in [2.24, 2.45) is 0 Å².